The summed E-state index contributed by atoms with van der Waals surface area (Å²) < 4.78 is 10.4. The fourth-order valence-corrected chi connectivity index (χ4v) is 2.12. The van der Waals surface area contributed by atoms with Crippen molar-refractivity contribution in [3.05, 3.63) is 59.2 Å². The maximum atomic E-state index is 12.0. The van der Waals surface area contributed by atoms with Crippen molar-refractivity contribution in [2.45, 2.75) is 19.9 Å². The predicted octanol–water partition coefficient (Wildman–Crippen LogP) is 2.87. The van der Waals surface area contributed by atoms with Crippen LogP contribution in [0, 0.1) is 6.92 Å². The molecule has 0 saturated carbocycles. The van der Waals surface area contributed by atoms with E-state index >= 15 is 0 Å². The molecule has 1 amide bonds. The van der Waals surface area contributed by atoms with Gasteiger partial charge in [-0.05, 0) is 30.2 Å². The van der Waals surface area contributed by atoms with Crippen LogP contribution in [0.3, 0.4) is 0 Å². The van der Waals surface area contributed by atoms with Crippen LogP contribution in [0.15, 0.2) is 42.5 Å². The molecular formula is C18H21NO3. The lowest BCUT2D eigenvalue weighted by Gasteiger charge is -2.10. The summed E-state index contributed by atoms with van der Waals surface area (Å²) in [5.41, 5.74) is 3.13. The van der Waals surface area contributed by atoms with Crippen LogP contribution in [0.25, 0.3) is 0 Å². The number of rotatable bonds is 6. The second-order valence-corrected chi connectivity index (χ2v) is 5.16. The minimum absolute atomic E-state index is 0.00867. The van der Waals surface area contributed by atoms with Gasteiger partial charge in [0, 0.05) is 12.6 Å². The van der Waals surface area contributed by atoms with E-state index in [0.29, 0.717) is 24.5 Å². The minimum Gasteiger partial charge on any atom is -0.497 e. The van der Waals surface area contributed by atoms with Gasteiger partial charge in [0.1, 0.15) is 11.5 Å². The van der Waals surface area contributed by atoms with Crippen molar-refractivity contribution < 1.29 is 14.3 Å². The van der Waals surface area contributed by atoms with Crippen LogP contribution < -0.4 is 14.8 Å². The number of aryl methyl sites for hydroxylation is 1. The van der Waals surface area contributed by atoms with E-state index in [1.54, 1.807) is 20.3 Å². The normalized spacial score (nSPS) is 10.1. The highest BCUT2D eigenvalue weighted by atomic mass is 16.5. The number of amides is 1. The smallest absolute Gasteiger partial charge is 0.224 e. The largest absolute Gasteiger partial charge is 0.497 e. The van der Waals surface area contributed by atoms with Crippen molar-refractivity contribution in [2.75, 3.05) is 14.2 Å². The van der Waals surface area contributed by atoms with Gasteiger partial charge in [0.2, 0.25) is 5.91 Å². The second kappa shape index (κ2) is 7.50. The van der Waals surface area contributed by atoms with E-state index < -0.39 is 0 Å². The highest BCUT2D eigenvalue weighted by Crippen LogP contribution is 2.22. The highest BCUT2D eigenvalue weighted by Gasteiger charge is 2.06. The van der Waals surface area contributed by atoms with Crippen molar-refractivity contribution in [1.82, 2.24) is 5.32 Å². The molecule has 0 spiro atoms. The molecule has 1 N–H and O–H groups in total. The van der Waals surface area contributed by atoms with Crippen LogP contribution in [-0.4, -0.2) is 20.1 Å². The lowest BCUT2D eigenvalue weighted by Crippen LogP contribution is -2.24. The fourth-order valence-electron chi connectivity index (χ4n) is 2.12. The van der Waals surface area contributed by atoms with Gasteiger partial charge in [0.25, 0.3) is 0 Å². The number of hydrogen-bond donors (Lipinski definition) is 1. The first-order valence-corrected chi connectivity index (χ1v) is 7.15. The Morgan fingerprint density at radius 2 is 1.55 bits per heavy atom. The number of methoxy groups -OCH3 is 2. The molecule has 2 aromatic rings. The van der Waals surface area contributed by atoms with Crippen molar-refractivity contribution >= 4 is 5.91 Å². The van der Waals surface area contributed by atoms with Gasteiger partial charge in [0.15, 0.2) is 0 Å². The summed E-state index contributed by atoms with van der Waals surface area (Å²) >= 11 is 0. The zero-order chi connectivity index (χ0) is 15.9. The molecule has 116 valence electrons. The van der Waals surface area contributed by atoms with Crippen molar-refractivity contribution in [3.63, 3.8) is 0 Å². The van der Waals surface area contributed by atoms with Gasteiger partial charge in [-0.2, -0.15) is 0 Å². The lowest BCUT2D eigenvalue weighted by molar-refractivity contribution is -0.120. The Kier molecular flexibility index (Phi) is 5.42. The molecule has 4 nitrogen and oxygen atoms in total. The zero-order valence-corrected chi connectivity index (χ0v) is 13.2. The summed E-state index contributed by atoms with van der Waals surface area (Å²) in [6.07, 6.45) is 0.376. The molecule has 0 unspecified atom stereocenters. The summed E-state index contributed by atoms with van der Waals surface area (Å²) in [5, 5.41) is 2.91. The first-order chi connectivity index (χ1) is 10.6. The maximum absolute atomic E-state index is 12.0. The Morgan fingerprint density at radius 3 is 2.09 bits per heavy atom. The van der Waals surface area contributed by atoms with Crippen LogP contribution in [-0.2, 0) is 17.8 Å². The first-order valence-electron chi connectivity index (χ1n) is 7.15. The molecule has 0 fully saturated rings. The summed E-state index contributed by atoms with van der Waals surface area (Å²) in [6.45, 7) is 2.47. The van der Waals surface area contributed by atoms with E-state index in [4.69, 9.17) is 9.47 Å². The number of carbonyl (C=O) groups is 1. The molecule has 4 heteroatoms. The second-order valence-electron chi connectivity index (χ2n) is 5.16. The molecule has 2 aromatic carbocycles. The summed E-state index contributed by atoms with van der Waals surface area (Å²) in [5.74, 6) is 1.41. The average Bonchev–Trinajstić information content (AvgIpc) is 2.54. The van der Waals surface area contributed by atoms with E-state index in [-0.39, 0.29) is 5.91 Å². The zero-order valence-electron chi connectivity index (χ0n) is 13.2. The fraction of sp³-hybridized carbons (Fsp3) is 0.278. The number of ether oxygens (including phenoxy) is 2. The van der Waals surface area contributed by atoms with E-state index in [2.05, 4.69) is 5.32 Å². The van der Waals surface area contributed by atoms with Gasteiger partial charge < -0.3 is 14.8 Å². The summed E-state index contributed by atoms with van der Waals surface area (Å²) in [7, 11) is 3.21. The van der Waals surface area contributed by atoms with Crippen molar-refractivity contribution in [1.29, 1.82) is 0 Å². The summed E-state index contributed by atoms with van der Waals surface area (Å²) in [4.78, 5) is 12.0. The standard InChI is InChI=1S/C18H21NO3/c1-13-4-6-14(7-5-13)10-18(20)19-12-15-8-16(21-2)11-17(9-15)22-3/h4-9,11H,10,12H2,1-3H3,(H,19,20). The molecule has 0 radical (unpaired) electrons. The Morgan fingerprint density at radius 1 is 0.955 bits per heavy atom. The quantitative estimate of drug-likeness (QED) is 0.892. The Balaban J connectivity index is 1.94. The minimum atomic E-state index is -0.00867. The molecule has 0 aliphatic heterocycles. The van der Waals surface area contributed by atoms with E-state index in [9.17, 15) is 4.79 Å². The third kappa shape index (κ3) is 4.52. The topological polar surface area (TPSA) is 47.6 Å². The number of nitrogens with one attached hydrogen (secondary N) is 1. The van der Waals surface area contributed by atoms with Crippen LogP contribution in [0.4, 0.5) is 0 Å². The maximum Gasteiger partial charge on any atom is 0.224 e. The Hall–Kier alpha value is -2.49. The molecule has 22 heavy (non-hydrogen) atoms. The van der Waals surface area contributed by atoms with Crippen LogP contribution in [0.1, 0.15) is 16.7 Å². The molecule has 0 aliphatic carbocycles. The van der Waals surface area contributed by atoms with Crippen molar-refractivity contribution in [3.8, 4) is 11.5 Å². The molecular weight excluding hydrogens is 278 g/mol. The highest BCUT2D eigenvalue weighted by molar-refractivity contribution is 5.78. The van der Waals surface area contributed by atoms with Gasteiger partial charge in [-0.25, -0.2) is 0 Å². The molecule has 0 atom stereocenters. The van der Waals surface area contributed by atoms with E-state index in [1.807, 2.05) is 43.3 Å². The first kappa shape index (κ1) is 15.9. The Bertz CT molecular complexity index is 613. The van der Waals surface area contributed by atoms with E-state index in [0.717, 1.165) is 11.1 Å². The number of carbonyl (C=O) groups excluding carboxylic acids is 1. The summed E-state index contributed by atoms with van der Waals surface area (Å²) in [6, 6.07) is 13.5. The number of hydrogen-bond acceptors (Lipinski definition) is 3. The van der Waals surface area contributed by atoms with Crippen molar-refractivity contribution in [2.24, 2.45) is 0 Å². The van der Waals surface area contributed by atoms with Crippen LogP contribution >= 0.6 is 0 Å². The molecule has 0 aromatic heterocycles. The molecule has 0 aliphatic rings. The number of benzene rings is 2. The van der Waals surface area contributed by atoms with Crippen LogP contribution in [0.2, 0.25) is 0 Å². The molecule has 2 rings (SSSR count). The van der Waals surface area contributed by atoms with Gasteiger partial charge in [0.05, 0.1) is 20.6 Å². The molecule has 0 heterocycles. The average molecular weight is 299 g/mol. The lowest BCUT2D eigenvalue weighted by atomic mass is 10.1. The Labute approximate surface area is 131 Å². The SMILES string of the molecule is COc1cc(CNC(=O)Cc2ccc(C)cc2)cc(OC)c1. The third-order valence-electron chi connectivity index (χ3n) is 3.39. The van der Waals surface area contributed by atoms with Crippen LogP contribution in [0.5, 0.6) is 11.5 Å². The monoisotopic (exact) mass is 299 g/mol. The van der Waals surface area contributed by atoms with Gasteiger partial charge in [-0.15, -0.1) is 0 Å². The van der Waals surface area contributed by atoms with Gasteiger partial charge in [-0.3, -0.25) is 4.79 Å². The van der Waals surface area contributed by atoms with Gasteiger partial charge >= 0.3 is 0 Å². The van der Waals surface area contributed by atoms with E-state index in [1.165, 1.54) is 5.56 Å². The predicted molar refractivity (Wildman–Crippen MR) is 86.3 cm³/mol. The molecule has 0 bridgehead atoms. The van der Waals surface area contributed by atoms with Gasteiger partial charge in [-0.1, -0.05) is 29.8 Å². The third-order valence-corrected chi connectivity index (χ3v) is 3.39. The molecule has 0 saturated heterocycles.